The van der Waals surface area contributed by atoms with Crippen LogP contribution in [0.4, 0.5) is 0 Å². The van der Waals surface area contributed by atoms with Crippen LogP contribution in [0.5, 0.6) is 0 Å². The van der Waals surface area contributed by atoms with Crippen molar-refractivity contribution in [2.75, 3.05) is 0 Å². The molecule has 0 aliphatic carbocycles. The molecule has 1 aromatic rings. The number of rotatable bonds is 3. The van der Waals surface area contributed by atoms with E-state index in [2.05, 4.69) is 50.0 Å². The minimum atomic E-state index is -0.879. The molecular formula is C9H18Si3. The third-order valence-electron chi connectivity index (χ3n) is 2.43. The molecule has 0 atom stereocenters. The molecule has 0 aliphatic heterocycles. The van der Waals surface area contributed by atoms with Crippen molar-refractivity contribution in [3.8, 4) is 0 Å². The summed E-state index contributed by atoms with van der Waals surface area (Å²) in [6.45, 7) is 7.57. The van der Waals surface area contributed by atoms with Crippen LogP contribution in [0.1, 0.15) is 0 Å². The van der Waals surface area contributed by atoms with Crippen LogP contribution in [-0.2, 0) is 0 Å². The summed E-state index contributed by atoms with van der Waals surface area (Å²) in [6, 6.07) is 11.2. The largest absolute Gasteiger partial charge is 0.0773 e. The van der Waals surface area contributed by atoms with E-state index >= 15 is 0 Å². The first kappa shape index (κ1) is 9.95. The topological polar surface area (TPSA) is 0 Å². The third kappa shape index (κ3) is 2.43. The van der Waals surface area contributed by atoms with E-state index < -0.39 is 7.59 Å². The second kappa shape index (κ2) is 4.20. The van der Waals surface area contributed by atoms with Gasteiger partial charge in [0, 0.05) is 17.6 Å². The first-order valence-corrected chi connectivity index (χ1v) is 15.5. The Morgan fingerprint density at radius 2 is 1.67 bits per heavy atom. The lowest BCUT2D eigenvalue weighted by Gasteiger charge is -2.21. The molecule has 0 radical (unpaired) electrons. The maximum absolute atomic E-state index is 2.55. The second-order valence-corrected chi connectivity index (χ2v) is 24.1. The van der Waals surface area contributed by atoms with Gasteiger partial charge in [-0.15, -0.1) is 0 Å². The molecule has 12 heavy (non-hydrogen) atoms. The fraction of sp³-hybridized carbons (Fsp3) is 0.333. The lowest BCUT2D eigenvalue weighted by Crippen LogP contribution is -2.49. The zero-order chi connectivity index (χ0) is 9.03. The predicted octanol–water partition coefficient (Wildman–Crippen LogP) is 0.399. The molecular weight excluding hydrogens is 192 g/mol. The number of benzene rings is 1. The zero-order valence-electron chi connectivity index (χ0n) is 8.30. The second-order valence-electron chi connectivity index (χ2n) is 4.00. The highest BCUT2D eigenvalue weighted by Gasteiger charge is 2.21. The van der Waals surface area contributed by atoms with Crippen LogP contribution in [0.15, 0.2) is 30.3 Å². The van der Waals surface area contributed by atoms with Crippen LogP contribution in [0.25, 0.3) is 0 Å². The molecule has 0 N–H and O–H groups in total. The molecule has 66 valence electrons. The summed E-state index contributed by atoms with van der Waals surface area (Å²) in [6.07, 6.45) is 0. The molecule has 0 aromatic heterocycles. The van der Waals surface area contributed by atoms with Gasteiger partial charge in [-0.2, -0.15) is 0 Å². The third-order valence-corrected chi connectivity index (χ3v) is 28.3. The SMILES string of the molecule is C[SiH2][SiH2][Si](C)(C)c1ccccc1. The highest BCUT2D eigenvalue weighted by Crippen LogP contribution is 2.00. The van der Waals surface area contributed by atoms with Crippen molar-refractivity contribution in [3.05, 3.63) is 30.3 Å². The van der Waals surface area contributed by atoms with Crippen LogP contribution < -0.4 is 5.19 Å². The zero-order valence-corrected chi connectivity index (χ0v) is 12.1. The molecule has 0 bridgehead atoms. The van der Waals surface area contributed by atoms with E-state index in [0.717, 1.165) is 0 Å². The van der Waals surface area contributed by atoms with Gasteiger partial charge in [-0.05, 0) is 0 Å². The molecule has 0 saturated carbocycles. The lowest BCUT2D eigenvalue weighted by atomic mass is 10.4. The Hall–Kier alpha value is -0.129. The Bertz CT molecular complexity index is 231. The molecule has 0 amide bonds. The van der Waals surface area contributed by atoms with Gasteiger partial charge in [0.05, 0.1) is 7.59 Å². The Kier molecular flexibility index (Phi) is 3.49. The molecule has 0 heterocycles. The summed E-state index contributed by atoms with van der Waals surface area (Å²) in [7, 11) is -0.183. The molecule has 1 rings (SSSR count). The van der Waals surface area contributed by atoms with Crippen molar-refractivity contribution in [3.63, 3.8) is 0 Å². The highest BCUT2D eigenvalue weighted by molar-refractivity contribution is 7.46. The van der Waals surface area contributed by atoms with Crippen LogP contribution in [0.2, 0.25) is 19.6 Å². The van der Waals surface area contributed by atoms with Crippen LogP contribution in [0.3, 0.4) is 0 Å². The molecule has 0 saturated heterocycles. The van der Waals surface area contributed by atoms with Gasteiger partial charge in [-0.3, -0.25) is 0 Å². The Balaban J connectivity index is 2.82. The van der Waals surface area contributed by atoms with Crippen molar-refractivity contribution in [2.45, 2.75) is 19.6 Å². The fourth-order valence-electron chi connectivity index (χ4n) is 1.66. The van der Waals surface area contributed by atoms with Crippen LogP contribution >= 0.6 is 0 Å². The predicted molar refractivity (Wildman–Crippen MR) is 66.5 cm³/mol. The molecule has 0 spiro atoms. The minimum absolute atomic E-state index is 0.329. The van der Waals surface area contributed by atoms with Crippen molar-refractivity contribution in [1.29, 1.82) is 0 Å². The van der Waals surface area contributed by atoms with Gasteiger partial charge >= 0.3 is 0 Å². The number of hydrogen-bond acceptors (Lipinski definition) is 0. The van der Waals surface area contributed by atoms with Crippen LogP contribution in [-0.4, -0.2) is 25.2 Å². The van der Waals surface area contributed by atoms with Gasteiger partial charge in [-0.25, -0.2) is 0 Å². The standard InChI is InChI=1S/C9H18Si3/c1-10-11-12(2,3)9-7-5-4-6-8-9/h4-8H,10-11H2,1-3H3. The summed E-state index contributed by atoms with van der Waals surface area (Å²) in [5.74, 6) is 0. The van der Waals surface area contributed by atoms with Gasteiger partial charge in [0.25, 0.3) is 0 Å². The van der Waals surface area contributed by atoms with Crippen molar-refractivity contribution in [2.24, 2.45) is 0 Å². The normalized spacial score (nSPS) is 13.6. The van der Waals surface area contributed by atoms with Gasteiger partial charge in [-0.1, -0.05) is 55.2 Å². The van der Waals surface area contributed by atoms with E-state index in [1.54, 1.807) is 5.19 Å². The molecule has 0 aliphatic rings. The van der Waals surface area contributed by atoms with E-state index in [1.807, 2.05) is 0 Å². The highest BCUT2D eigenvalue weighted by atomic mass is 29.6. The molecule has 1 aromatic carbocycles. The summed E-state index contributed by atoms with van der Waals surface area (Å²) >= 11 is 0. The fourth-order valence-corrected chi connectivity index (χ4v) is 23.5. The van der Waals surface area contributed by atoms with E-state index in [0.29, 0.717) is 17.6 Å². The maximum atomic E-state index is 2.55. The first-order valence-electron chi connectivity index (χ1n) is 4.72. The maximum Gasteiger partial charge on any atom is 0.0638 e. The summed E-state index contributed by atoms with van der Waals surface area (Å²) in [5, 5.41) is 1.69. The summed E-state index contributed by atoms with van der Waals surface area (Å²) < 4.78 is 0. The Morgan fingerprint density at radius 3 is 2.17 bits per heavy atom. The van der Waals surface area contributed by atoms with E-state index in [-0.39, 0.29) is 0 Å². The van der Waals surface area contributed by atoms with E-state index in [1.165, 1.54) is 0 Å². The van der Waals surface area contributed by atoms with Crippen LogP contribution in [0, 0.1) is 0 Å². The monoisotopic (exact) mass is 210 g/mol. The van der Waals surface area contributed by atoms with Gasteiger partial charge in [0.15, 0.2) is 0 Å². The Labute approximate surface area is 80.6 Å². The smallest absolute Gasteiger partial charge is 0.0638 e. The van der Waals surface area contributed by atoms with Gasteiger partial charge < -0.3 is 0 Å². The lowest BCUT2D eigenvalue weighted by molar-refractivity contribution is 1.73. The average Bonchev–Trinajstić information content (AvgIpc) is 2.06. The summed E-state index contributed by atoms with van der Waals surface area (Å²) in [5.41, 5.74) is 0. The van der Waals surface area contributed by atoms with Crippen molar-refractivity contribution in [1.82, 2.24) is 0 Å². The minimum Gasteiger partial charge on any atom is -0.0773 e. The molecule has 0 unspecified atom stereocenters. The quantitative estimate of drug-likeness (QED) is 0.634. The number of hydrogen-bond donors (Lipinski definition) is 0. The Morgan fingerprint density at radius 1 is 1.08 bits per heavy atom. The van der Waals surface area contributed by atoms with E-state index in [4.69, 9.17) is 0 Å². The van der Waals surface area contributed by atoms with Crippen molar-refractivity contribution >= 4 is 30.4 Å². The van der Waals surface area contributed by atoms with E-state index in [9.17, 15) is 0 Å². The first-order chi connectivity index (χ1) is 5.67. The molecule has 3 heteroatoms. The molecule has 0 fully saturated rings. The van der Waals surface area contributed by atoms with Gasteiger partial charge in [0.2, 0.25) is 0 Å². The van der Waals surface area contributed by atoms with Gasteiger partial charge in [0.1, 0.15) is 0 Å². The average molecular weight is 211 g/mol. The molecule has 0 nitrogen and oxygen atoms in total. The summed E-state index contributed by atoms with van der Waals surface area (Å²) in [4.78, 5) is 0. The van der Waals surface area contributed by atoms with Crippen molar-refractivity contribution < 1.29 is 0 Å².